The molecule has 0 unspecified atom stereocenters. The van der Waals surface area contributed by atoms with E-state index in [0.717, 1.165) is 27.2 Å². The van der Waals surface area contributed by atoms with E-state index >= 15 is 0 Å². The van der Waals surface area contributed by atoms with E-state index in [1.54, 1.807) is 11.3 Å². The minimum Gasteiger partial charge on any atom is -0.435 e. The average Bonchev–Trinajstić information content (AvgIpc) is 2.83. The summed E-state index contributed by atoms with van der Waals surface area (Å²) >= 11 is 1.57. The van der Waals surface area contributed by atoms with Crippen LogP contribution in [0.5, 0.6) is 0 Å². The van der Waals surface area contributed by atoms with Crippen molar-refractivity contribution in [1.82, 2.24) is 4.98 Å². The SMILES string of the molecule is Cc1ccc2oc(-c3scc(C)c3N)nc2c1. The van der Waals surface area contributed by atoms with E-state index in [1.165, 1.54) is 5.56 Å². The van der Waals surface area contributed by atoms with Crippen LogP contribution in [0.15, 0.2) is 28.0 Å². The predicted molar refractivity (Wildman–Crippen MR) is 71.2 cm³/mol. The Bertz CT molecular complexity index is 697. The second kappa shape index (κ2) is 3.60. The van der Waals surface area contributed by atoms with E-state index in [-0.39, 0.29) is 0 Å². The molecule has 86 valence electrons. The first-order chi connectivity index (χ1) is 8.15. The lowest BCUT2D eigenvalue weighted by molar-refractivity contribution is 0.622. The van der Waals surface area contributed by atoms with Gasteiger partial charge in [0.1, 0.15) is 10.4 Å². The fraction of sp³-hybridized carbons (Fsp3) is 0.154. The van der Waals surface area contributed by atoms with Crippen molar-refractivity contribution >= 4 is 28.1 Å². The summed E-state index contributed by atoms with van der Waals surface area (Å²) in [4.78, 5) is 5.40. The molecule has 0 saturated heterocycles. The molecule has 17 heavy (non-hydrogen) atoms. The van der Waals surface area contributed by atoms with Crippen LogP contribution in [0.3, 0.4) is 0 Å². The Balaban J connectivity index is 2.21. The molecular formula is C13H12N2OS. The number of hydrogen-bond acceptors (Lipinski definition) is 4. The fourth-order valence-electron chi connectivity index (χ4n) is 1.75. The molecule has 3 rings (SSSR count). The molecule has 2 heterocycles. The number of anilines is 1. The minimum atomic E-state index is 0.612. The molecule has 1 aromatic carbocycles. The third-order valence-corrected chi connectivity index (χ3v) is 3.86. The van der Waals surface area contributed by atoms with Gasteiger partial charge in [-0.1, -0.05) is 6.07 Å². The van der Waals surface area contributed by atoms with Gasteiger partial charge in [0.05, 0.1) is 5.69 Å². The third-order valence-electron chi connectivity index (χ3n) is 2.76. The van der Waals surface area contributed by atoms with Crippen LogP contribution in [0.4, 0.5) is 5.69 Å². The van der Waals surface area contributed by atoms with Crippen LogP contribution >= 0.6 is 11.3 Å². The Morgan fingerprint density at radius 3 is 2.82 bits per heavy atom. The van der Waals surface area contributed by atoms with E-state index in [4.69, 9.17) is 10.2 Å². The quantitative estimate of drug-likeness (QED) is 0.709. The molecule has 2 N–H and O–H groups in total. The molecule has 0 bridgehead atoms. The number of oxazole rings is 1. The van der Waals surface area contributed by atoms with Gasteiger partial charge in [0, 0.05) is 0 Å². The van der Waals surface area contributed by atoms with Gasteiger partial charge in [-0.15, -0.1) is 11.3 Å². The second-order valence-corrected chi connectivity index (χ2v) is 5.03. The van der Waals surface area contributed by atoms with Crippen molar-refractivity contribution in [3.63, 3.8) is 0 Å². The smallest absolute Gasteiger partial charge is 0.239 e. The van der Waals surface area contributed by atoms with Crippen LogP contribution in [-0.4, -0.2) is 4.98 Å². The molecule has 3 nitrogen and oxygen atoms in total. The van der Waals surface area contributed by atoms with Crippen molar-refractivity contribution < 1.29 is 4.42 Å². The molecule has 0 aliphatic heterocycles. The Labute approximate surface area is 103 Å². The topological polar surface area (TPSA) is 52.0 Å². The summed E-state index contributed by atoms with van der Waals surface area (Å²) in [7, 11) is 0. The van der Waals surface area contributed by atoms with Gasteiger partial charge in [0.15, 0.2) is 5.58 Å². The number of nitrogens with two attached hydrogens (primary N) is 1. The van der Waals surface area contributed by atoms with Gasteiger partial charge in [-0.25, -0.2) is 4.98 Å². The van der Waals surface area contributed by atoms with E-state index in [1.807, 2.05) is 37.4 Å². The van der Waals surface area contributed by atoms with Crippen LogP contribution in [0.25, 0.3) is 21.9 Å². The molecule has 0 saturated carbocycles. The molecule has 0 radical (unpaired) electrons. The van der Waals surface area contributed by atoms with Crippen molar-refractivity contribution in [1.29, 1.82) is 0 Å². The van der Waals surface area contributed by atoms with Crippen LogP contribution < -0.4 is 5.73 Å². The molecule has 2 aromatic heterocycles. The average molecular weight is 244 g/mol. The van der Waals surface area contributed by atoms with E-state index in [2.05, 4.69) is 4.98 Å². The lowest BCUT2D eigenvalue weighted by atomic mass is 10.2. The summed E-state index contributed by atoms with van der Waals surface area (Å²) in [5.41, 5.74) is 10.7. The predicted octanol–water partition coefficient (Wildman–Crippen LogP) is 3.76. The van der Waals surface area contributed by atoms with Crippen molar-refractivity contribution in [2.24, 2.45) is 0 Å². The highest BCUT2D eigenvalue weighted by Gasteiger charge is 2.14. The second-order valence-electron chi connectivity index (χ2n) is 4.15. The molecule has 0 aliphatic carbocycles. The number of aromatic nitrogens is 1. The molecular weight excluding hydrogens is 232 g/mol. The zero-order chi connectivity index (χ0) is 12.0. The van der Waals surface area contributed by atoms with Gasteiger partial charge in [0.2, 0.25) is 5.89 Å². The van der Waals surface area contributed by atoms with Crippen molar-refractivity contribution in [2.45, 2.75) is 13.8 Å². The largest absolute Gasteiger partial charge is 0.435 e. The first-order valence-corrected chi connectivity index (χ1v) is 6.24. The summed E-state index contributed by atoms with van der Waals surface area (Å²) in [5.74, 6) is 0.612. The zero-order valence-corrected chi connectivity index (χ0v) is 10.5. The maximum absolute atomic E-state index is 6.00. The van der Waals surface area contributed by atoms with Gasteiger partial charge in [0.25, 0.3) is 0 Å². The van der Waals surface area contributed by atoms with Crippen LogP contribution in [0.2, 0.25) is 0 Å². The van der Waals surface area contributed by atoms with Crippen molar-refractivity contribution in [2.75, 3.05) is 5.73 Å². The first kappa shape index (κ1) is 10.4. The summed E-state index contributed by atoms with van der Waals surface area (Å²) < 4.78 is 5.72. The van der Waals surface area contributed by atoms with Gasteiger partial charge >= 0.3 is 0 Å². The molecule has 0 amide bonds. The Morgan fingerprint density at radius 2 is 2.12 bits per heavy atom. The van der Waals surface area contributed by atoms with Crippen LogP contribution in [-0.2, 0) is 0 Å². The molecule has 3 aromatic rings. The van der Waals surface area contributed by atoms with E-state index < -0.39 is 0 Å². The molecule has 0 spiro atoms. The number of nitrogen functional groups attached to an aromatic ring is 1. The van der Waals surface area contributed by atoms with Gasteiger partial charge < -0.3 is 10.2 Å². The maximum atomic E-state index is 6.00. The number of rotatable bonds is 1. The summed E-state index contributed by atoms with van der Waals surface area (Å²) in [6.07, 6.45) is 0. The normalized spacial score (nSPS) is 11.2. The Hall–Kier alpha value is -1.81. The molecule has 4 heteroatoms. The first-order valence-electron chi connectivity index (χ1n) is 5.36. The number of benzene rings is 1. The number of hydrogen-bond donors (Lipinski definition) is 1. The number of aryl methyl sites for hydroxylation is 2. The Morgan fingerprint density at radius 1 is 1.29 bits per heavy atom. The highest BCUT2D eigenvalue weighted by atomic mass is 32.1. The Kier molecular flexibility index (Phi) is 2.19. The van der Waals surface area contributed by atoms with Gasteiger partial charge in [-0.05, 0) is 42.5 Å². The highest BCUT2D eigenvalue weighted by molar-refractivity contribution is 7.14. The summed E-state index contributed by atoms with van der Waals surface area (Å²) in [5, 5.41) is 2.02. The van der Waals surface area contributed by atoms with E-state index in [9.17, 15) is 0 Å². The fourth-order valence-corrected chi connectivity index (χ4v) is 2.65. The lowest BCUT2D eigenvalue weighted by Crippen LogP contribution is -1.86. The molecule has 0 atom stereocenters. The standard InChI is InChI=1S/C13H12N2OS/c1-7-3-4-10-9(5-7)15-13(16-10)12-11(14)8(2)6-17-12/h3-6H,14H2,1-2H3. The lowest BCUT2D eigenvalue weighted by Gasteiger charge is -1.92. The number of fused-ring (bicyclic) bond motifs is 1. The monoisotopic (exact) mass is 244 g/mol. The number of nitrogens with zero attached hydrogens (tertiary/aromatic N) is 1. The molecule has 0 aliphatic rings. The van der Waals surface area contributed by atoms with Crippen LogP contribution in [0.1, 0.15) is 11.1 Å². The highest BCUT2D eigenvalue weighted by Crippen LogP contribution is 2.35. The van der Waals surface area contributed by atoms with Gasteiger partial charge in [-0.3, -0.25) is 0 Å². The maximum Gasteiger partial charge on any atom is 0.239 e. The summed E-state index contributed by atoms with van der Waals surface area (Å²) in [6, 6.07) is 5.97. The minimum absolute atomic E-state index is 0.612. The molecule has 0 fully saturated rings. The van der Waals surface area contributed by atoms with Crippen molar-refractivity contribution in [3.8, 4) is 10.8 Å². The third kappa shape index (κ3) is 1.61. The van der Waals surface area contributed by atoms with Crippen LogP contribution in [0, 0.1) is 13.8 Å². The van der Waals surface area contributed by atoms with E-state index in [0.29, 0.717) is 5.89 Å². The number of thiophene rings is 1. The zero-order valence-electron chi connectivity index (χ0n) is 9.65. The van der Waals surface area contributed by atoms with Gasteiger partial charge in [-0.2, -0.15) is 0 Å². The van der Waals surface area contributed by atoms with Crippen molar-refractivity contribution in [3.05, 3.63) is 34.7 Å². The summed E-state index contributed by atoms with van der Waals surface area (Å²) in [6.45, 7) is 4.03.